The lowest BCUT2D eigenvalue weighted by Crippen LogP contribution is -2.43. The molecule has 3 nitrogen and oxygen atoms in total. The van der Waals surface area contributed by atoms with E-state index in [4.69, 9.17) is 11.6 Å². The molecule has 5 heterocycles. The second-order valence-electron chi connectivity index (χ2n) is 6.79. The van der Waals surface area contributed by atoms with Crippen LogP contribution in [0.5, 0.6) is 0 Å². The van der Waals surface area contributed by atoms with Crippen molar-refractivity contribution in [1.29, 1.82) is 0 Å². The topological polar surface area (TPSA) is 19.4 Å². The van der Waals surface area contributed by atoms with E-state index in [-0.39, 0.29) is 0 Å². The standard InChI is InChI=1S/C18H22ClN3S/c19-18-6-5-17(23-18)13-22-11-15-3-4-16(22)12-21(10-15)9-14-2-1-7-20-8-14/h1-2,5-8,15-16H,3-4,9-13H2/t15-,16+/m0/s1. The molecular weight excluding hydrogens is 326 g/mol. The number of thiophene rings is 1. The van der Waals surface area contributed by atoms with Gasteiger partial charge in [-0.3, -0.25) is 14.8 Å². The van der Waals surface area contributed by atoms with E-state index < -0.39 is 0 Å². The number of aromatic nitrogens is 1. The zero-order valence-electron chi connectivity index (χ0n) is 13.2. The van der Waals surface area contributed by atoms with Gasteiger partial charge >= 0.3 is 0 Å². The number of hydrogen-bond donors (Lipinski definition) is 0. The molecule has 0 aliphatic carbocycles. The summed E-state index contributed by atoms with van der Waals surface area (Å²) in [6, 6.07) is 9.09. The molecule has 0 amide bonds. The fourth-order valence-corrected chi connectivity index (χ4v) is 5.10. The molecule has 5 rings (SSSR count). The van der Waals surface area contributed by atoms with Gasteiger partial charge in [-0.05, 0) is 42.5 Å². The monoisotopic (exact) mass is 347 g/mol. The Labute approximate surface area is 146 Å². The van der Waals surface area contributed by atoms with E-state index in [1.165, 1.54) is 42.9 Å². The smallest absolute Gasteiger partial charge is 0.0931 e. The number of piperidine rings is 1. The van der Waals surface area contributed by atoms with E-state index in [0.29, 0.717) is 6.04 Å². The SMILES string of the molecule is Clc1ccc(CN2C[C@H]3CC[C@@H]2CN(Cc2cccnc2)C3)s1. The third-order valence-electron chi connectivity index (χ3n) is 5.02. The fourth-order valence-electron chi connectivity index (χ4n) is 3.99. The third-order valence-corrected chi connectivity index (χ3v) is 6.24. The van der Waals surface area contributed by atoms with Crippen LogP contribution in [0.1, 0.15) is 23.3 Å². The third kappa shape index (κ3) is 3.77. The minimum atomic E-state index is 0.672. The number of rotatable bonds is 4. The van der Waals surface area contributed by atoms with E-state index >= 15 is 0 Å². The molecule has 2 aromatic heterocycles. The quantitative estimate of drug-likeness (QED) is 0.836. The molecule has 122 valence electrons. The number of halogens is 1. The molecule has 2 atom stereocenters. The summed E-state index contributed by atoms with van der Waals surface area (Å²) in [7, 11) is 0. The lowest BCUT2D eigenvalue weighted by atomic mass is 9.95. The molecule has 0 saturated carbocycles. The van der Waals surface area contributed by atoms with Crippen LogP contribution >= 0.6 is 22.9 Å². The normalized spacial score (nSPS) is 25.6. The Hall–Kier alpha value is -0.940. The first-order chi connectivity index (χ1) is 11.3. The van der Waals surface area contributed by atoms with Crippen LogP contribution in [0.4, 0.5) is 0 Å². The van der Waals surface area contributed by atoms with Gasteiger partial charge in [0.1, 0.15) is 0 Å². The number of pyridine rings is 1. The van der Waals surface area contributed by atoms with E-state index in [1.807, 2.05) is 24.5 Å². The molecule has 3 saturated heterocycles. The van der Waals surface area contributed by atoms with Crippen molar-refractivity contribution < 1.29 is 0 Å². The van der Waals surface area contributed by atoms with Gasteiger partial charge in [0, 0.05) is 56.0 Å². The van der Waals surface area contributed by atoms with Gasteiger partial charge in [-0.1, -0.05) is 17.7 Å². The van der Waals surface area contributed by atoms with Gasteiger partial charge in [-0.2, -0.15) is 0 Å². The lowest BCUT2D eigenvalue weighted by molar-refractivity contribution is 0.124. The molecule has 3 aliphatic rings. The Morgan fingerprint density at radius 3 is 2.87 bits per heavy atom. The molecule has 0 aromatic carbocycles. The first-order valence-electron chi connectivity index (χ1n) is 8.36. The minimum Gasteiger partial charge on any atom is -0.297 e. The maximum atomic E-state index is 6.09. The van der Waals surface area contributed by atoms with Gasteiger partial charge in [0.25, 0.3) is 0 Å². The van der Waals surface area contributed by atoms with Gasteiger partial charge in [0.15, 0.2) is 0 Å². The molecular formula is C18H22ClN3S. The largest absolute Gasteiger partial charge is 0.297 e. The van der Waals surface area contributed by atoms with Crippen LogP contribution < -0.4 is 0 Å². The molecule has 2 bridgehead atoms. The maximum absolute atomic E-state index is 6.09. The number of nitrogens with zero attached hydrogens (tertiary/aromatic N) is 3. The van der Waals surface area contributed by atoms with Crippen molar-refractivity contribution in [3.8, 4) is 0 Å². The summed E-state index contributed by atoms with van der Waals surface area (Å²) in [5.74, 6) is 0.792. The minimum absolute atomic E-state index is 0.672. The highest BCUT2D eigenvalue weighted by Crippen LogP contribution is 2.31. The average molecular weight is 348 g/mol. The van der Waals surface area contributed by atoms with Crippen molar-refractivity contribution in [2.45, 2.75) is 32.0 Å². The van der Waals surface area contributed by atoms with Crippen LogP contribution in [0.2, 0.25) is 4.34 Å². The first kappa shape index (κ1) is 15.6. The second kappa shape index (κ2) is 6.89. The fraction of sp³-hybridized carbons (Fsp3) is 0.500. The predicted molar refractivity (Wildman–Crippen MR) is 95.8 cm³/mol. The Bertz CT molecular complexity index is 645. The molecule has 3 fully saturated rings. The Balaban J connectivity index is 1.44. The highest BCUT2D eigenvalue weighted by Gasteiger charge is 2.34. The Morgan fingerprint density at radius 2 is 2.09 bits per heavy atom. The van der Waals surface area contributed by atoms with Crippen molar-refractivity contribution >= 4 is 22.9 Å². The van der Waals surface area contributed by atoms with Crippen molar-refractivity contribution in [1.82, 2.24) is 14.8 Å². The van der Waals surface area contributed by atoms with Crippen molar-refractivity contribution in [3.05, 3.63) is 51.4 Å². The Morgan fingerprint density at radius 1 is 1.13 bits per heavy atom. The van der Waals surface area contributed by atoms with Gasteiger partial charge < -0.3 is 0 Å². The molecule has 0 unspecified atom stereocenters. The summed E-state index contributed by atoms with van der Waals surface area (Å²) in [6.07, 6.45) is 6.55. The average Bonchev–Trinajstić information content (AvgIpc) is 2.77. The van der Waals surface area contributed by atoms with Crippen LogP contribution in [0, 0.1) is 5.92 Å². The summed E-state index contributed by atoms with van der Waals surface area (Å²) in [6.45, 7) is 5.69. The van der Waals surface area contributed by atoms with Gasteiger partial charge in [0.2, 0.25) is 0 Å². The highest BCUT2D eigenvalue weighted by atomic mass is 35.5. The molecule has 3 aliphatic heterocycles. The molecule has 0 N–H and O–H groups in total. The van der Waals surface area contributed by atoms with Crippen LogP contribution in [0.25, 0.3) is 0 Å². The first-order valence-corrected chi connectivity index (χ1v) is 9.55. The van der Waals surface area contributed by atoms with Crippen LogP contribution in [-0.2, 0) is 13.1 Å². The molecule has 2 aromatic rings. The van der Waals surface area contributed by atoms with Gasteiger partial charge in [-0.25, -0.2) is 0 Å². The Kier molecular flexibility index (Phi) is 4.67. The van der Waals surface area contributed by atoms with E-state index in [9.17, 15) is 0 Å². The molecule has 5 heteroatoms. The summed E-state index contributed by atoms with van der Waals surface area (Å²) >= 11 is 7.81. The predicted octanol–water partition coefficient (Wildman–Crippen LogP) is 3.89. The van der Waals surface area contributed by atoms with Crippen LogP contribution in [0.15, 0.2) is 36.7 Å². The zero-order valence-corrected chi connectivity index (χ0v) is 14.8. The van der Waals surface area contributed by atoms with Gasteiger partial charge in [-0.15, -0.1) is 11.3 Å². The summed E-state index contributed by atoms with van der Waals surface area (Å²) in [5.41, 5.74) is 1.32. The van der Waals surface area contributed by atoms with E-state index in [0.717, 1.165) is 23.3 Å². The van der Waals surface area contributed by atoms with Crippen molar-refractivity contribution in [3.63, 3.8) is 0 Å². The van der Waals surface area contributed by atoms with Gasteiger partial charge in [0.05, 0.1) is 4.34 Å². The molecule has 0 radical (unpaired) electrons. The highest BCUT2D eigenvalue weighted by molar-refractivity contribution is 7.16. The van der Waals surface area contributed by atoms with Crippen LogP contribution in [0.3, 0.4) is 0 Å². The lowest BCUT2D eigenvalue weighted by Gasteiger charge is -2.35. The van der Waals surface area contributed by atoms with E-state index in [1.54, 1.807) is 11.3 Å². The molecule has 0 spiro atoms. The summed E-state index contributed by atoms with van der Waals surface area (Å²) in [5, 5.41) is 0. The number of hydrogen-bond acceptors (Lipinski definition) is 4. The van der Waals surface area contributed by atoms with Crippen LogP contribution in [-0.4, -0.2) is 40.5 Å². The van der Waals surface area contributed by atoms with Crippen molar-refractivity contribution in [2.24, 2.45) is 5.92 Å². The maximum Gasteiger partial charge on any atom is 0.0931 e. The van der Waals surface area contributed by atoms with E-state index in [2.05, 4.69) is 26.9 Å². The zero-order chi connectivity index (χ0) is 15.6. The number of fused-ring (bicyclic) bond motifs is 4. The van der Waals surface area contributed by atoms with Crippen molar-refractivity contribution in [2.75, 3.05) is 19.6 Å². The molecule has 23 heavy (non-hydrogen) atoms. The summed E-state index contributed by atoms with van der Waals surface area (Å²) in [4.78, 5) is 10.9. The second-order valence-corrected chi connectivity index (χ2v) is 8.59. The summed E-state index contributed by atoms with van der Waals surface area (Å²) < 4.78 is 0.901.